The molecule has 0 spiro atoms. The van der Waals surface area contributed by atoms with Gasteiger partial charge in [0.15, 0.2) is 5.06 Å². The van der Waals surface area contributed by atoms with Gasteiger partial charge in [0.25, 0.3) is 0 Å². The summed E-state index contributed by atoms with van der Waals surface area (Å²) >= 11 is 1.72. The molecule has 1 heterocycles. The van der Waals surface area contributed by atoms with E-state index in [0.717, 1.165) is 5.06 Å². The Kier molecular flexibility index (Phi) is 2.55. The summed E-state index contributed by atoms with van der Waals surface area (Å²) in [5.74, 6) is 0.565. The van der Waals surface area contributed by atoms with Crippen LogP contribution in [0.1, 0.15) is 30.2 Å². The second-order valence-electron chi connectivity index (χ2n) is 2.96. The van der Waals surface area contributed by atoms with Crippen molar-refractivity contribution in [1.82, 2.24) is 0 Å². The summed E-state index contributed by atoms with van der Waals surface area (Å²) in [6, 6.07) is 2.20. The van der Waals surface area contributed by atoms with Crippen LogP contribution in [0.3, 0.4) is 0 Å². The normalized spacial score (nSPS) is 10.6. The van der Waals surface area contributed by atoms with Crippen LogP contribution in [-0.4, -0.2) is 7.11 Å². The fourth-order valence-electron chi connectivity index (χ4n) is 1.07. The summed E-state index contributed by atoms with van der Waals surface area (Å²) in [6.07, 6.45) is 0. The van der Waals surface area contributed by atoms with Gasteiger partial charge < -0.3 is 4.74 Å². The van der Waals surface area contributed by atoms with E-state index in [1.54, 1.807) is 18.4 Å². The average molecular weight is 170 g/mol. The number of aryl methyl sites for hydroxylation is 1. The van der Waals surface area contributed by atoms with E-state index < -0.39 is 0 Å². The molecule has 0 saturated heterocycles. The van der Waals surface area contributed by atoms with E-state index in [4.69, 9.17) is 4.74 Å². The highest BCUT2D eigenvalue weighted by atomic mass is 32.1. The average Bonchev–Trinajstić information content (AvgIpc) is 2.30. The monoisotopic (exact) mass is 170 g/mol. The van der Waals surface area contributed by atoms with E-state index >= 15 is 0 Å². The van der Waals surface area contributed by atoms with E-state index in [2.05, 4.69) is 26.8 Å². The zero-order valence-electron chi connectivity index (χ0n) is 7.47. The van der Waals surface area contributed by atoms with Gasteiger partial charge in [0, 0.05) is 10.4 Å². The predicted octanol–water partition coefficient (Wildman–Crippen LogP) is 3.19. The highest BCUT2D eigenvalue weighted by Crippen LogP contribution is 2.34. The van der Waals surface area contributed by atoms with E-state index in [1.165, 1.54) is 10.4 Å². The van der Waals surface area contributed by atoms with Crippen LogP contribution in [0.5, 0.6) is 5.06 Å². The number of rotatable bonds is 2. The molecule has 0 aliphatic carbocycles. The molecule has 0 aliphatic heterocycles. The molecule has 2 heteroatoms. The first kappa shape index (κ1) is 8.60. The number of thiophene rings is 1. The van der Waals surface area contributed by atoms with Gasteiger partial charge >= 0.3 is 0 Å². The molecule has 0 bridgehead atoms. The molecule has 1 aromatic heterocycles. The summed E-state index contributed by atoms with van der Waals surface area (Å²) in [5.41, 5.74) is 1.33. The SMILES string of the molecule is COc1sc(C)cc1C(C)C. The number of hydrogen-bond donors (Lipinski definition) is 0. The standard InChI is InChI=1S/C9H14OS/c1-6(2)8-5-7(3)11-9(8)10-4/h5-6H,1-4H3. The first-order valence-corrected chi connectivity index (χ1v) is 4.61. The molecule has 1 aromatic rings. The minimum atomic E-state index is 0.565. The lowest BCUT2D eigenvalue weighted by molar-refractivity contribution is 0.420. The summed E-state index contributed by atoms with van der Waals surface area (Å²) in [4.78, 5) is 1.32. The fourth-order valence-corrected chi connectivity index (χ4v) is 2.05. The highest BCUT2D eigenvalue weighted by molar-refractivity contribution is 7.14. The molecule has 62 valence electrons. The molecule has 0 radical (unpaired) electrons. The quantitative estimate of drug-likeness (QED) is 0.662. The smallest absolute Gasteiger partial charge is 0.177 e. The van der Waals surface area contributed by atoms with Gasteiger partial charge in [-0.1, -0.05) is 13.8 Å². The third-order valence-corrected chi connectivity index (χ3v) is 2.68. The molecule has 0 atom stereocenters. The number of methoxy groups -OCH3 is 1. The van der Waals surface area contributed by atoms with Crippen molar-refractivity contribution in [2.75, 3.05) is 7.11 Å². The van der Waals surface area contributed by atoms with Crippen LogP contribution < -0.4 is 4.74 Å². The lowest BCUT2D eigenvalue weighted by atomic mass is 10.1. The third-order valence-electron chi connectivity index (χ3n) is 1.66. The second kappa shape index (κ2) is 3.26. The second-order valence-corrected chi connectivity index (χ2v) is 4.18. The van der Waals surface area contributed by atoms with Crippen molar-refractivity contribution in [3.05, 3.63) is 16.5 Å². The van der Waals surface area contributed by atoms with Gasteiger partial charge in [-0.2, -0.15) is 0 Å². The minimum Gasteiger partial charge on any atom is -0.487 e. The molecule has 0 fully saturated rings. The van der Waals surface area contributed by atoms with Crippen molar-refractivity contribution in [2.45, 2.75) is 26.7 Å². The Morgan fingerprint density at radius 3 is 2.45 bits per heavy atom. The first-order chi connectivity index (χ1) is 5.15. The van der Waals surface area contributed by atoms with Crippen molar-refractivity contribution >= 4 is 11.3 Å². The van der Waals surface area contributed by atoms with Crippen molar-refractivity contribution in [2.24, 2.45) is 0 Å². The van der Waals surface area contributed by atoms with E-state index in [9.17, 15) is 0 Å². The molecule has 0 saturated carbocycles. The van der Waals surface area contributed by atoms with Crippen molar-refractivity contribution < 1.29 is 4.74 Å². The van der Waals surface area contributed by atoms with Crippen molar-refractivity contribution in [3.63, 3.8) is 0 Å². The summed E-state index contributed by atoms with van der Waals surface area (Å²) in [6.45, 7) is 6.48. The Labute approximate surface area is 72.0 Å². The number of ether oxygens (including phenoxy) is 1. The maximum atomic E-state index is 5.25. The van der Waals surface area contributed by atoms with Crippen molar-refractivity contribution in [3.8, 4) is 5.06 Å². The number of hydrogen-bond acceptors (Lipinski definition) is 2. The van der Waals surface area contributed by atoms with Gasteiger partial charge in [0.05, 0.1) is 7.11 Å². The Bertz CT molecular complexity index is 238. The zero-order chi connectivity index (χ0) is 8.43. The van der Waals surface area contributed by atoms with Crippen LogP contribution in [0.4, 0.5) is 0 Å². The zero-order valence-corrected chi connectivity index (χ0v) is 8.29. The van der Waals surface area contributed by atoms with E-state index in [-0.39, 0.29) is 0 Å². The molecular weight excluding hydrogens is 156 g/mol. The van der Waals surface area contributed by atoms with Gasteiger partial charge in [0.1, 0.15) is 0 Å². The van der Waals surface area contributed by atoms with Crippen LogP contribution in [0, 0.1) is 6.92 Å². The van der Waals surface area contributed by atoms with E-state index in [1.807, 2.05) is 0 Å². The van der Waals surface area contributed by atoms with Crippen LogP contribution in [0.25, 0.3) is 0 Å². The van der Waals surface area contributed by atoms with Crippen LogP contribution in [-0.2, 0) is 0 Å². The Hall–Kier alpha value is -0.500. The topological polar surface area (TPSA) is 9.23 Å². The lowest BCUT2D eigenvalue weighted by Crippen LogP contribution is -1.87. The van der Waals surface area contributed by atoms with Crippen molar-refractivity contribution in [1.29, 1.82) is 0 Å². The van der Waals surface area contributed by atoms with Crippen LogP contribution in [0.2, 0.25) is 0 Å². The van der Waals surface area contributed by atoms with Gasteiger partial charge in [-0.05, 0) is 18.9 Å². The Morgan fingerprint density at radius 2 is 2.09 bits per heavy atom. The Balaban J connectivity index is 3.02. The lowest BCUT2D eigenvalue weighted by Gasteiger charge is -2.03. The molecule has 0 aromatic carbocycles. The third kappa shape index (κ3) is 1.74. The minimum absolute atomic E-state index is 0.565. The van der Waals surface area contributed by atoms with Gasteiger partial charge in [-0.3, -0.25) is 0 Å². The molecule has 1 rings (SSSR count). The molecule has 0 aliphatic rings. The van der Waals surface area contributed by atoms with Crippen LogP contribution in [0.15, 0.2) is 6.07 Å². The molecule has 0 N–H and O–H groups in total. The highest BCUT2D eigenvalue weighted by Gasteiger charge is 2.09. The van der Waals surface area contributed by atoms with Gasteiger partial charge in [-0.15, -0.1) is 11.3 Å². The molecular formula is C9H14OS. The first-order valence-electron chi connectivity index (χ1n) is 3.79. The van der Waals surface area contributed by atoms with E-state index in [0.29, 0.717) is 5.92 Å². The molecule has 1 nitrogen and oxygen atoms in total. The molecule has 0 unspecified atom stereocenters. The molecule has 0 amide bonds. The van der Waals surface area contributed by atoms with Crippen LogP contribution >= 0.6 is 11.3 Å². The maximum Gasteiger partial charge on any atom is 0.177 e. The van der Waals surface area contributed by atoms with Gasteiger partial charge in [-0.25, -0.2) is 0 Å². The summed E-state index contributed by atoms with van der Waals surface area (Å²) in [5, 5.41) is 1.07. The summed E-state index contributed by atoms with van der Waals surface area (Å²) < 4.78 is 5.25. The Morgan fingerprint density at radius 1 is 1.45 bits per heavy atom. The van der Waals surface area contributed by atoms with Gasteiger partial charge in [0.2, 0.25) is 0 Å². The fraction of sp³-hybridized carbons (Fsp3) is 0.556. The molecule has 11 heavy (non-hydrogen) atoms. The largest absolute Gasteiger partial charge is 0.487 e. The summed E-state index contributed by atoms with van der Waals surface area (Å²) in [7, 11) is 1.73. The maximum absolute atomic E-state index is 5.25. The predicted molar refractivity (Wildman–Crippen MR) is 49.7 cm³/mol.